The summed E-state index contributed by atoms with van der Waals surface area (Å²) in [5.74, 6) is 2.93. The number of fused-ring (bicyclic) bond motifs is 5. The highest BCUT2D eigenvalue weighted by Crippen LogP contribution is 2.66. The molecule has 0 saturated heterocycles. The molecule has 1 unspecified atom stereocenters. The Hall–Kier alpha value is -1.12. The zero-order valence-corrected chi connectivity index (χ0v) is 20.4. The third-order valence-corrected chi connectivity index (χ3v) is 10.1. The first-order chi connectivity index (χ1) is 14.8. The average Bonchev–Trinajstić information content (AvgIpc) is 3.12. The van der Waals surface area contributed by atoms with Crippen molar-refractivity contribution < 1.29 is 4.74 Å². The molecule has 0 amide bonds. The summed E-state index contributed by atoms with van der Waals surface area (Å²) in [6.45, 7) is 9.36. The van der Waals surface area contributed by atoms with E-state index in [1.54, 1.807) is 11.1 Å². The van der Waals surface area contributed by atoms with Crippen LogP contribution < -0.4 is 0 Å². The van der Waals surface area contributed by atoms with E-state index in [1.165, 1.54) is 44.1 Å². The molecule has 168 valence electrons. The van der Waals surface area contributed by atoms with Crippen LogP contribution in [0.2, 0.25) is 0 Å². The third kappa shape index (κ3) is 3.53. The molecular weight excluding hydrogens is 402 g/mol. The maximum atomic E-state index is 6.42. The van der Waals surface area contributed by atoms with E-state index in [1.807, 2.05) is 6.20 Å². The Balaban J connectivity index is 1.37. The van der Waals surface area contributed by atoms with E-state index in [4.69, 9.17) is 16.3 Å². The van der Waals surface area contributed by atoms with Crippen LogP contribution in [0.3, 0.4) is 0 Å². The molecule has 2 fully saturated rings. The lowest BCUT2D eigenvalue weighted by Gasteiger charge is -2.58. The molecule has 0 bridgehead atoms. The van der Waals surface area contributed by atoms with Crippen molar-refractivity contribution in [3.63, 3.8) is 0 Å². The Morgan fingerprint density at radius 3 is 2.65 bits per heavy atom. The summed E-state index contributed by atoms with van der Waals surface area (Å²) in [6, 6.07) is 4.34. The molecule has 31 heavy (non-hydrogen) atoms. The van der Waals surface area contributed by atoms with Crippen LogP contribution >= 0.6 is 11.6 Å². The lowest BCUT2D eigenvalue weighted by Crippen LogP contribution is -2.50. The fourth-order valence-corrected chi connectivity index (χ4v) is 7.81. The van der Waals surface area contributed by atoms with Crippen molar-refractivity contribution >= 4 is 17.2 Å². The minimum atomic E-state index is -0.234. The van der Waals surface area contributed by atoms with Gasteiger partial charge in [0.15, 0.2) is 0 Å². The summed E-state index contributed by atoms with van der Waals surface area (Å²) in [6.07, 6.45) is 18.1. The van der Waals surface area contributed by atoms with Gasteiger partial charge in [-0.25, -0.2) is 0 Å². The molecule has 2 nitrogen and oxygen atoms in total. The van der Waals surface area contributed by atoms with Crippen LogP contribution in [0.1, 0.15) is 78.2 Å². The van der Waals surface area contributed by atoms with Crippen LogP contribution in [0.15, 0.2) is 42.3 Å². The van der Waals surface area contributed by atoms with E-state index in [2.05, 4.69) is 63.2 Å². The second kappa shape index (κ2) is 7.73. The van der Waals surface area contributed by atoms with E-state index < -0.39 is 0 Å². The molecule has 0 N–H and O–H groups in total. The molecular formula is C28H38ClNO. The number of hydrogen-bond acceptors (Lipinski definition) is 2. The number of allylic oxidation sites excluding steroid dienone is 3. The van der Waals surface area contributed by atoms with Crippen molar-refractivity contribution in [3.8, 4) is 0 Å². The predicted octanol–water partition coefficient (Wildman–Crippen LogP) is 7.44. The van der Waals surface area contributed by atoms with Crippen LogP contribution in [-0.2, 0) is 4.74 Å². The fourth-order valence-electron chi connectivity index (χ4n) is 7.75. The van der Waals surface area contributed by atoms with Gasteiger partial charge in [0.25, 0.3) is 0 Å². The molecule has 0 aromatic carbocycles. The van der Waals surface area contributed by atoms with Crippen molar-refractivity contribution in [3.05, 3.63) is 47.8 Å². The Bertz CT molecular complexity index is 890. The molecule has 1 aromatic rings. The van der Waals surface area contributed by atoms with Gasteiger partial charge in [-0.15, -0.1) is 11.6 Å². The first kappa shape index (κ1) is 21.7. The van der Waals surface area contributed by atoms with E-state index in [0.29, 0.717) is 22.8 Å². The molecule has 2 saturated carbocycles. The minimum Gasteiger partial charge on any atom is -0.371 e. The first-order valence-electron chi connectivity index (χ1n) is 12.3. The Kier molecular flexibility index (Phi) is 5.42. The number of hydrogen-bond donors (Lipinski definition) is 0. The normalized spacial score (nSPS) is 39.8. The van der Waals surface area contributed by atoms with Crippen LogP contribution in [0.5, 0.6) is 0 Å². The number of pyridine rings is 1. The topological polar surface area (TPSA) is 22.1 Å². The number of nitrogens with zero attached hydrogens (tertiary/aromatic N) is 1. The lowest BCUT2D eigenvalue weighted by atomic mass is 9.47. The smallest absolute Gasteiger partial charge is 0.0765 e. The van der Waals surface area contributed by atoms with Gasteiger partial charge in [0.1, 0.15) is 0 Å². The van der Waals surface area contributed by atoms with Gasteiger partial charge in [0.2, 0.25) is 0 Å². The van der Waals surface area contributed by atoms with E-state index in [-0.39, 0.29) is 5.60 Å². The van der Waals surface area contributed by atoms with Gasteiger partial charge in [-0.3, -0.25) is 4.98 Å². The highest BCUT2D eigenvalue weighted by molar-refractivity contribution is 6.18. The monoisotopic (exact) mass is 439 g/mol. The van der Waals surface area contributed by atoms with Gasteiger partial charge in [0.05, 0.1) is 17.6 Å². The number of alkyl halides is 1. The molecule has 1 heterocycles. The molecule has 0 aliphatic heterocycles. The maximum Gasteiger partial charge on any atom is 0.0765 e. The van der Waals surface area contributed by atoms with Crippen molar-refractivity contribution in [1.29, 1.82) is 0 Å². The summed E-state index contributed by atoms with van der Waals surface area (Å²) >= 11 is 6.14. The van der Waals surface area contributed by atoms with E-state index >= 15 is 0 Å². The zero-order valence-electron chi connectivity index (χ0n) is 19.7. The van der Waals surface area contributed by atoms with Crippen molar-refractivity contribution in [2.24, 2.45) is 28.6 Å². The van der Waals surface area contributed by atoms with Crippen LogP contribution in [0.4, 0.5) is 0 Å². The number of aromatic nitrogens is 1. The second-order valence-electron chi connectivity index (χ2n) is 11.7. The summed E-state index contributed by atoms with van der Waals surface area (Å²) in [7, 11) is 0. The molecule has 0 radical (unpaired) electrons. The SMILES string of the molecule is CC(C)(CCl)OC1CC[C@@]2(C)C(=CC[C@@H]3[C@@H]2CC[C@]2(C)C(c4cccnc4)=CC[C@@H]32)C1. The van der Waals surface area contributed by atoms with Gasteiger partial charge in [-0.05, 0) is 105 Å². The summed E-state index contributed by atoms with van der Waals surface area (Å²) < 4.78 is 6.42. The van der Waals surface area contributed by atoms with Crippen LogP contribution in [0, 0.1) is 28.6 Å². The van der Waals surface area contributed by atoms with Crippen molar-refractivity contribution in [2.45, 2.75) is 84.3 Å². The largest absolute Gasteiger partial charge is 0.371 e. The quantitative estimate of drug-likeness (QED) is 0.359. The van der Waals surface area contributed by atoms with Gasteiger partial charge >= 0.3 is 0 Å². The maximum absolute atomic E-state index is 6.42. The Morgan fingerprint density at radius 2 is 1.90 bits per heavy atom. The number of halogens is 1. The average molecular weight is 440 g/mol. The highest BCUT2D eigenvalue weighted by atomic mass is 35.5. The number of ether oxygens (including phenoxy) is 1. The zero-order chi connectivity index (χ0) is 21.9. The highest BCUT2D eigenvalue weighted by Gasteiger charge is 2.57. The Labute approximate surface area is 193 Å². The van der Waals surface area contributed by atoms with E-state index in [9.17, 15) is 0 Å². The summed E-state index contributed by atoms with van der Waals surface area (Å²) in [4.78, 5) is 4.41. The molecule has 0 spiro atoms. The molecule has 3 heteroatoms. The standard InChI is InChI=1S/C28H38ClNO/c1-26(2,18-29)31-21-11-13-27(3)20(16-21)7-8-22-24-10-9-23(19-6-5-15-30-17-19)28(24,4)14-12-25(22)27/h5-7,9,15,17,21-22,24-25H,8,10-14,16,18H2,1-4H3/t21?,22-,24-,25-,27-,28+/m0/s1. The van der Waals surface area contributed by atoms with E-state index in [0.717, 1.165) is 24.2 Å². The lowest BCUT2D eigenvalue weighted by molar-refractivity contribution is -0.0879. The first-order valence-corrected chi connectivity index (χ1v) is 12.8. The van der Waals surface area contributed by atoms with Crippen LogP contribution in [0.25, 0.3) is 5.57 Å². The minimum absolute atomic E-state index is 0.234. The third-order valence-electron chi connectivity index (χ3n) is 9.42. The van der Waals surface area contributed by atoms with Gasteiger partial charge in [0, 0.05) is 12.4 Å². The van der Waals surface area contributed by atoms with Gasteiger partial charge in [-0.2, -0.15) is 0 Å². The fraction of sp³-hybridized carbons (Fsp3) is 0.679. The molecule has 4 aliphatic rings. The molecule has 1 aromatic heterocycles. The van der Waals surface area contributed by atoms with Gasteiger partial charge < -0.3 is 4.74 Å². The van der Waals surface area contributed by atoms with Crippen molar-refractivity contribution in [1.82, 2.24) is 4.98 Å². The second-order valence-corrected chi connectivity index (χ2v) is 12.0. The van der Waals surface area contributed by atoms with Crippen molar-refractivity contribution in [2.75, 3.05) is 5.88 Å². The summed E-state index contributed by atoms with van der Waals surface area (Å²) in [5.41, 5.74) is 5.00. The summed E-state index contributed by atoms with van der Waals surface area (Å²) in [5, 5.41) is 0. The Morgan fingerprint density at radius 1 is 1.10 bits per heavy atom. The molecule has 6 atom stereocenters. The molecule has 4 aliphatic carbocycles. The predicted molar refractivity (Wildman–Crippen MR) is 129 cm³/mol. The number of rotatable bonds is 4. The molecule has 5 rings (SSSR count). The van der Waals surface area contributed by atoms with Gasteiger partial charge in [-0.1, -0.05) is 37.6 Å². The van der Waals surface area contributed by atoms with Crippen LogP contribution in [-0.4, -0.2) is 22.6 Å².